The van der Waals surface area contributed by atoms with Crippen molar-refractivity contribution in [2.24, 2.45) is 0 Å². The van der Waals surface area contributed by atoms with Crippen molar-refractivity contribution in [2.45, 2.75) is 25.8 Å². The number of benzene rings is 3. The molecule has 4 N–H and O–H groups in total. The van der Waals surface area contributed by atoms with Crippen LogP contribution in [0.2, 0.25) is 0 Å². The van der Waals surface area contributed by atoms with Gasteiger partial charge in [0.2, 0.25) is 0 Å². The van der Waals surface area contributed by atoms with Crippen LogP contribution in [0.1, 0.15) is 40.1 Å². The van der Waals surface area contributed by atoms with Gasteiger partial charge in [0, 0.05) is 41.5 Å². The predicted octanol–water partition coefficient (Wildman–Crippen LogP) is 3.93. The molecule has 16 heteroatoms. The minimum atomic E-state index is -4.78. The molecule has 0 aliphatic carbocycles. The van der Waals surface area contributed by atoms with E-state index in [1.807, 2.05) is 13.8 Å². The molecule has 1 aromatic heterocycles. The number of nitrogens with one attached hydrogen (secondary N) is 3. The molecule has 1 aliphatic heterocycles. The predicted molar refractivity (Wildman–Crippen MR) is 178 cm³/mol. The van der Waals surface area contributed by atoms with Crippen molar-refractivity contribution in [2.75, 3.05) is 44.8 Å². The summed E-state index contributed by atoms with van der Waals surface area (Å²) in [5, 5.41) is 18.7. The van der Waals surface area contributed by atoms with Crippen molar-refractivity contribution in [1.82, 2.24) is 20.6 Å². The van der Waals surface area contributed by atoms with Gasteiger partial charge in [-0.1, -0.05) is 18.2 Å². The van der Waals surface area contributed by atoms with E-state index in [0.29, 0.717) is 59.1 Å². The number of halogens is 3. The largest absolute Gasteiger partial charge is 0.573 e. The summed E-state index contributed by atoms with van der Waals surface area (Å²) >= 11 is 0. The first kappa shape index (κ1) is 36.3. The molecule has 0 unspecified atom stereocenters. The lowest BCUT2D eigenvalue weighted by atomic mass is 9.77. The Bertz CT molecular complexity index is 1790. The molecule has 0 bridgehead atoms. The second-order valence-corrected chi connectivity index (χ2v) is 11.6. The summed E-state index contributed by atoms with van der Waals surface area (Å²) in [6.45, 7) is 5.43. The van der Waals surface area contributed by atoms with E-state index in [-0.39, 0.29) is 37.3 Å². The maximum atomic E-state index is 12.7. The molecule has 262 valence electrons. The fourth-order valence-corrected chi connectivity index (χ4v) is 5.15. The monoisotopic (exact) mass is 693 g/mol. The van der Waals surface area contributed by atoms with Crippen molar-refractivity contribution in [3.63, 3.8) is 0 Å². The van der Waals surface area contributed by atoms with Crippen molar-refractivity contribution in [3.05, 3.63) is 95.8 Å². The van der Waals surface area contributed by atoms with Crippen LogP contribution in [0.4, 0.5) is 24.7 Å². The van der Waals surface area contributed by atoms with Gasteiger partial charge in [0.15, 0.2) is 0 Å². The molecule has 0 atom stereocenters. The molecule has 3 aromatic carbocycles. The average Bonchev–Trinajstić information content (AvgIpc) is 3.32. The van der Waals surface area contributed by atoms with Gasteiger partial charge in [-0.2, -0.15) is 0 Å². The molecule has 0 radical (unpaired) electrons. The summed E-state index contributed by atoms with van der Waals surface area (Å²) in [5.41, 5.74) is 3.32. The van der Waals surface area contributed by atoms with E-state index in [1.165, 1.54) is 30.6 Å². The van der Waals surface area contributed by atoms with Gasteiger partial charge in [-0.15, -0.1) is 13.2 Å². The summed E-state index contributed by atoms with van der Waals surface area (Å²) in [6, 6.07) is 18.9. The van der Waals surface area contributed by atoms with Crippen molar-refractivity contribution < 1.29 is 46.6 Å². The Morgan fingerprint density at radius 2 is 1.52 bits per heavy atom. The molecular weight excluding hydrogens is 658 g/mol. The molecule has 0 saturated heterocycles. The second kappa shape index (κ2) is 16.1. The zero-order valence-electron chi connectivity index (χ0n) is 27.3. The standard InChI is InChI=1S/C34H35BF3N5O7/c1-33(2)27-11-6-24(19-28(27)35(46)50-33)32(45)40-13-15-48-17-16-47-14-12-39-31(44)23-5-3-4-22(18-23)29-20-30(42-21-41-29)43-25-7-9-26(10-8-25)49-34(36,37)38/h3-11,18-21,46H,12-17H2,1-2H3,(H,39,44)(H,40,45)(H,41,42,43). The fraction of sp³-hybridized carbons (Fsp3) is 0.294. The minimum absolute atomic E-state index is 0.264. The Balaban J connectivity index is 0.976. The van der Waals surface area contributed by atoms with Crippen LogP contribution in [0, 0.1) is 0 Å². The highest BCUT2D eigenvalue weighted by atomic mass is 19.4. The average molecular weight is 693 g/mol. The third-order valence-corrected chi connectivity index (χ3v) is 7.52. The number of aromatic nitrogens is 2. The summed E-state index contributed by atoms with van der Waals surface area (Å²) in [6.07, 6.45) is -3.44. The third kappa shape index (κ3) is 10.0. The number of hydrogen-bond acceptors (Lipinski definition) is 10. The van der Waals surface area contributed by atoms with Crippen LogP contribution in [-0.4, -0.2) is 79.8 Å². The number of anilines is 2. The molecule has 5 rings (SSSR count). The topological polar surface area (TPSA) is 153 Å². The number of carbonyl (C=O) groups is 2. The number of hydrogen-bond donors (Lipinski definition) is 4. The summed E-state index contributed by atoms with van der Waals surface area (Å²) < 4.78 is 57.7. The first-order chi connectivity index (χ1) is 23.9. The maximum Gasteiger partial charge on any atom is 0.573 e. The number of nitrogens with zero attached hydrogens (tertiary/aromatic N) is 2. The van der Waals surface area contributed by atoms with Gasteiger partial charge in [0.25, 0.3) is 11.8 Å². The molecule has 2 heterocycles. The zero-order chi connectivity index (χ0) is 35.7. The second-order valence-electron chi connectivity index (χ2n) is 11.6. The van der Waals surface area contributed by atoms with Crippen LogP contribution in [0.5, 0.6) is 5.75 Å². The first-order valence-corrected chi connectivity index (χ1v) is 15.7. The van der Waals surface area contributed by atoms with E-state index in [2.05, 4.69) is 30.7 Å². The molecule has 12 nitrogen and oxygen atoms in total. The normalized spacial score (nSPS) is 13.4. The van der Waals surface area contributed by atoms with Gasteiger partial charge in [-0.25, -0.2) is 9.97 Å². The quantitative estimate of drug-likeness (QED) is 0.106. The van der Waals surface area contributed by atoms with Gasteiger partial charge >= 0.3 is 13.5 Å². The lowest BCUT2D eigenvalue weighted by molar-refractivity contribution is -0.274. The van der Waals surface area contributed by atoms with E-state index in [4.69, 9.17) is 14.1 Å². The third-order valence-electron chi connectivity index (χ3n) is 7.52. The van der Waals surface area contributed by atoms with E-state index < -0.39 is 19.1 Å². The fourth-order valence-electron chi connectivity index (χ4n) is 5.15. The minimum Gasteiger partial charge on any atom is -0.423 e. The zero-order valence-corrected chi connectivity index (χ0v) is 27.3. The Morgan fingerprint density at radius 3 is 2.18 bits per heavy atom. The van der Waals surface area contributed by atoms with Gasteiger partial charge in [-0.05, 0) is 73.4 Å². The molecule has 0 fully saturated rings. The molecule has 2 amide bonds. The highest BCUT2D eigenvalue weighted by Gasteiger charge is 2.40. The van der Waals surface area contributed by atoms with E-state index in [9.17, 15) is 27.8 Å². The van der Waals surface area contributed by atoms with Crippen molar-refractivity contribution in [1.29, 1.82) is 0 Å². The summed E-state index contributed by atoms with van der Waals surface area (Å²) in [4.78, 5) is 33.7. The number of rotatable bonds is 15. The Labute approximate surface area is 286 Å². The maximum absolute atomic E-state index is 12.7. The SMILES string of the molecule is CC1(C)OB(O)c2cc(C(=O)NCCOCCOCCNC(=O)c3cccc(-c4cc(Nc5ccc(OC(F)(F)F)cc5)ncn4)c3)ccc21. The lowest BCUT2D eigenvalue weighted by Crippen LogP contribution is -2.32. The van der Waals surface area contributed by atoms with Crippen LogP contribution in [0.3, 0.4) is 0 Å². The highest BCUT2D eigenvalue weighted by molar-refractivity contribution is 6.62. The Hall–Kier alpha value is -5.03. The smallest absolute Gasteiger partial charge is 0.423 e. The number of carbonyl (C=O) groups excluding carboxylic acids is 2. The Morgan fingerprint density at radius 1 is 0.860 bits per heavy atom. The van der Waals surface area contributed by atoms with Crippen LogP contribution in [0.25, 0.3) is 11.3 Å². The van der Waals surface area contributed by atoms with E-state index >= 15 is 0 Å². The van der Waals surface area contributed by atoms with Crippen LogP contribution >= 0.6 is 0 Å². The molecule has 50 heavy (non-hydrogen) atoms. The number of amides is 2. The van der Waals surface area contributed by atoms with Gasteiger partial charge in [-0.3, -0.25) is 9.59 Å². The van der Waals surface area contributed by atoms with E-state index in [0.717, 1.165) is 5.56 Å². The summed E-state index contributed by atoms with van der Waals surface area (Å²) in [5.74, 6) is -0.523. The van der Waals surface area contributed by atoms with Crippen LogP contribution in [-0.2, 0) is 19.7 Å². The molecule has 4 aromatic rings. The van der Waals surface area contributed by atoms with Crippen LogP contribution in [0.15, 0.2) is 79.1 Å². The highest BCUT2D eigenvalue weighted by Crippen LogP contribution is 2.30. The number of fused-ring (bicyclic) bond motifs is 1. The molecule has 0 saturated carbocycles. The van der Waals surface area contributed by atoms with Gasteiger partial charge in [0.1, 0.15) is 17.9 Å². The number of alkyl halides is 3. The molecule has 0 spiro atoms. The molecule has 1 aliphatic rings. The van der Waals surface area contributed by atoms with Gasteiger partial charge in [0.05, 0.1) is 37.7 Å². The first-order valence-electron chi connectivity index (χ1n) is 15.7. The van der Waals surface area contributed by atoms with Crippen molar-refractivity contribution >= 4 is 35.9 Å². The lowest BCUT2D eigenvalue weighted by Gasteiger charge is -2.19. The molecular formula is C34H35BF3N5O7. The van der Waals surface area contributed by atoms with Crippen LogP contribution < -0.4 is 26.2 Å². The summed E-state index contributed by atoms with van der Waals surface area (Å²) in [7, 11) is -1.07. The van der Waals surface area contributed by atoms with Gasteiger partial charge < -0.3 is 39.8 Å². The Kier molecular flexibility index (Phi) is 11.7. The van der Waals surface area contributed by atoms with E-state index in [1.54, 1.807) is 48.5 Å². The van der Waals surface area contributed by atoms with Crippen molar-refractivity contribution in [3.8, 4) is 17.0 Å². The number of ether oxygens (including phenoxy) is 3.